The van der Waals surface area contributed by atoms with Crippen LogP contribution in [0.25, 0.3) is 11.0 Å². The molecule has 3 heterocycles. The highest BCUT2D eigenvalue weighted by Crippen LogP contribution is 2.43. The minimum Gasteiger partial charge on any atom is -0.497 e. The van der Waals surface area contributed by atoms with Gasteiger partial charge in [-0.15, -0.1) is 10.2 Å². The molecular weight excluding hydrogens is 513 g/mol. The number of fused-ring (bicyclic) bond motifs is 2. The summed E-state index contributed by atoms with van der Waals surface area (Å²) in [4.78, 5) is 28.7. The lowest BCUT2D eigenvalue weighted by molar-refractivity contribution is 0.0970. The third-order valence-corrected chi connectivity index (χ3v) is 8.20. The van der Waals surface area contributed by atoms with Crippen LogP contribution in [0, 0.1) is 5.82 Å². The summed E-state index contributed by atoms with van der Waals surface area (Å²) in [5.41, 5.74) is 1.62. The average molecular weight is 532 g/mol. The molecule has 0 saturated heterocycles. The molecule has 10 heteroatoms. The molecule has 0 spiro atoms. The zero-order chi connectivity index (χ0) is 25.5. The molecule has 0 bridgehead atoms. The minimum atomic E-state index is -0.822. The van der Waals surface area contributed by atoms with E-state index in [1.165, 1.54) is 40.1 Å². The number of carbonyl (C=O) groups is 1. The topological polar surface area (TPSA) is 85.5 Å². The van der Waals surface area contributed by atoms with Gasteiger partial charge in [0.05, 0.1) is 24.1 Å². The number of methoxy groups -OCH3 is 1. The number of ether oxygens (including phenoxy) is 1. The summed E-state index contributed by atoms with van der Waals surface area (Å²) in [5, 5.41) is 8.98. The minimum absolute atomic E-state index is 0.0725. The highest BCUT2D eigenvalue weighted by atomic mass is 32.2. The van der Waals surface area contributed by atoms with E-state index in [0.717, 1.165) is 11.6 Å². The first-order chi connectivity index (χ1) is 18.0. The molecule has 3 aromatic carbocycles. The van der Waals surface area contributed by atoms with E-state index in [-0.39, 0.29) is 22.3 Å². The fourth-order valence-electron chi connectivity index (χ4n) is 4.32. The van der Waals surface area contributed by atoms with Gasteiger partial charge in [-0.3, -0.25) is 14.5 Å². The molecule has 0 radical (unpaired) electrons. The summed E-state index contributed by atoms with van der Waals surface area (Å²) >= 11 is 2.77. The van der Waals surface area contributed by atoms with E-state index in [9.17, 15) is 14.0 Å². The van der Waals surface area contributed by atoms with Crippen LogP contribution >= 0.6 is 23.1 Å². The molecule has 1 amide bonds. The second-order valence-electron chi connectivity index (χ2n) is 8.29. The van der Waals surface area contributed by atoms with Crippen LogP contribution in [0.1, 0.15) is 33.3 Å². The lowest BCUT2D eigenvalue weighted by Gasteiger charge is -2.22. The van der Waals surface area contributed by atoms with E-state index in [4.69, 9.17) is 9.15 Å². The molecule has 0 N–H and O–H groups in total. The number of rotatable bonds is 6. The number of hydrogen-bond acceptors (Lipinski definition) is 8. The first-order valence-corrected chi connectivity index (χ1v) is 13.1. The normalized spacial score (nSPS) is 14.8. The summed E-state index contributed by atoms with van der Waals surface area (Å²) < 4.78 is 25.8. The van der Waals surface area contributed by atoms with E-state index in [2.05, 4.69) is 10.2 Å². The predicted molar refractivity (Wildman–Crippen MR) is 140 cm³/mol. The molecular formula is C27H18FN3O4S2. The van der Waals surface area contributed by atoms with E-state index in [1.807, 2.05) is 30.3 Å². The molecule has 37 heavy (non-hydrogen) atoms. The Balaban J connectivity index is 1.45. The summed E-state index contributed by atoms with van der Waals surface area (Å²) in [6, 6.07) is 19.9. The monoisotopic (exact) mass is 531 g/mol. The van der Waals surface area contributed by atoms with Gasteiger partial charge < -0.3 is 9.15 Å². The SMILES string of the molecule is COc1ccc([C@@H]2c3c(oc4ccc(F)cc4c3=O)C(=O)N2c2nnc(SCc3ccccc3)s2)cc1. The second kappa shape index (κ2) is 9.45. The van der Waals surface area contributed by atoms with Gasteiger partial charge in [0.2, 0.25) is 10.9 Å². The second-order valence-corrected chi connectivity index (χ2v) is 10.5. The third-order valence-electron chi connectivity index (χ3n) is 6.07. The first kappa shape index (κ1) is 23.4. The van der Waals surface area contributed by atoms with Gasteiger partial charge in [-0.1, -0.05) is 65.6 Å². The molecule has 0 saturated carbocycles. The number of benzene rings is 3. The molecule has 7 nitrogen and oxygen atoms in total. The van der Waals surface area contributed by atoms with Gasteiger partial charge in [0, 0.05) is 5.75 Å². The van der Waals surface area contributed by atoms with Crippen LogP contribution in [-0.2, 0) is 5.75 Å². The average Bonchev–Trinajstić information content (AvgIpc) is 3.51. The van der Waals surface area contributed by atoms with Crippen molar-refractivity contribution < 1.29 is 18.3 Å². The van der Waals surface area contributed by atoms with E-state index in [1.54, 1.807) is 31.4 Å². The van der Waals surface area contributed by atoms with Crippen LogP contribution < -0.4 is 15.1 Å². The Kier molecular flexibility index (Phi) is 5.97. The Hall–Kier alpha value is -4.02. The Morgan fingerprint density at radius 1 is 1.05 bits per heavy atom. The van der Waals surface area contributed by atoms with Crippen LogP contribution in [-0.4, -0.2) is 23.2 Å². The summed E-state index contributed by atoms with van der Waals surface area (Å²) in [6.45, 7) is 0. The van der Waals surface area contributed by atoms with Crippen LogP contribution in [0.4, 0.5) is 9.52 Å². The maximum absolute atomic E-state index is 14.0. The highest BCUT2D eigenvalue weighted by Gasteiger charge is 2.45. The molecule has 0 fully saturated rings. The molecule has 0 aliphatic carbocycles. The molecule has 1 atom stereocenters. The molecule has 1 aliphatic rings. The molecule has 2 aromatic heterocycles. The van der Waals surface area contributed by atoms with Crippen molar-refractivity contribution in [3.63, 3.8) is 0 Å². The van der Waals surface area contributed by atoms with Crippen molar-refractivity contribution in [1.29, 1.82) is 0 Å². The third kappa shape index (κ3) is 4.17. The number of anilines is 1. The lowest BCUT2D eigenvalue weighted by Crippen LogP contribution is -2.29. The quantitative estimate of drug-likeness (QED) is 0.201. The first-order valence-electron chi connectivity index (χ1n) is 11.3. The van der Waals surface area contributed by atoms with E-state index in [0.29, 0.717) is 26.5 Å². The van der Waals surface area contributed by atoms with Gasteiger partial charge in [-0.2, -0.15) is 0 Å². The molecule has 1 aliphatic heterocycles. The van der Waals surface area contributed by atoms with Crippen molar-refractivity contribution in [2.24, 2.45) is 0 Å². The van der Waals surface area contributed by atoms with Crippen molar-refractivity contribution in [3.05, 3.63) is 111 Å². The maximum atomic E-state index is 14.0. The van der Waals surface area contributed by atoms with Crippen LogP contribution in [0.3, 0.4) is 0 Å². The number of hydrogen-bond donors (Lipinski definition) is 0. The van der Waals surface area contributed by atoms with Crippen LogP contribution in [0.15, 0.2) is 86.3 Å². The van der Waals surface area contributed by atoms with Gasteiger partial charge in [-0.05, 0) is 41.5 Å². The summed E-state index contributed by atoms with van der Waals surface area (Å²) in [6.07, 6.45) is 0. The standard InChI is InChI=1S/C27H18FN3O4S2/c1-34-18-10-7-16(8-11-18)22-21-23(32)19-13-17(28)9-12-20(19)35-24(21)25(33)31(22)26-29-30-27(37-26)36-14-15-5-3-2-4-6-15/h2-13,22H,14H2,1H3/t22-/m1/s1. The van der Waals surface area contributed by atoms with Crippen LogP contribution in [0.2, 0.25) is 0 Å². The Labute approximate surface area is 218 Å². The van der Waals surface area contributed by atoms with Gasteiger partial charge in [0.1, 0.15) is 17.1 Å². The highest BCUT2D eigenvalue weighted by molar-refractivity contribution is 8.00. The summed E-state index contributed by atoms with van der Waals surface area (Å²) in [7, 11) is 1.56. The largest absolute Gasteiger partial charge is 0.497 e. The molecule has 6 rings (SSSR count). The number of aromatic nitrogens is 2. The molecule has 5 aromatic rings. The van der Waals surface area contributed by atoms with Crippen molar-refractivity contribution in [2.75, 3.05) is 12.0 Å². The van der Waals surface area contributed by atoms with Gasteiger partial charge in [-0.25, -0.2) is 4.39 Å². The smallest absolute Gasteiger partial charge is 0.297 e. The predicted octanol–water partition coefficient (Wildman–Crippen LogP) is 5.83. The number of carbonyl (C=O) groups excluding carboxylic acids is 1. The van der Waals surface area contributed by atoms with Crippen LogP contribution in [0.5, 0.6) is 5.75 Å². The molecule has 0 unspecified atom stereocenters. The number of amides is 1. The van der Waals surface area contributed by atoms with Gasteiger partial charge in [0.15, 0.2) is 9.77 Å². The van der Waals surface area contributed by atoms with E-state index < -0.39 is 23.2 Å². The zero-order valence-electron chi connectivity index (χ0n) is 19.4. The van der Waals surface area contributed by atoms with Gasteiger partial charge in [0.25, 0.3) is 5.91 Å². The Morgan fingerprint density at radius 3 is 2.59 bits per heavy atom. The maximum Gasteiger partial charge on any atom is 0.297 e. The van der Waals surface area contributed by atoms with E-state index >= 15 is 0 Å². The zero-order valence-corrected chi connectivity index (χ0v) is 21.0. The van der Waals surface area contributed by atoms with Crippen molar-refractivity contribution in [1.82, 2.24) is 10.2 Å². The van der Waals surface area contributed by atoms with Crippen molar-refractivity contribution >= 4 is 45.1 Å². The number of thioether (sulfide) groups is 1. The lowest BCUT2D eigenvalue weighted by atomic mass is 9.98. The number of nitrogens with zero attached hydrogens (tertiary/aromatic N) is 3. The number of halogens is 1. The van der Waals surface area contributed by atoms with Crippen molar-refractivity contribution in [2.45, 2.75) is 16.1 Å². The van der Waals surface area contributed by atoms with Crippen molar-refractivity contribution in [3.8, 4) is 5.75 Å². The molecule has 184 valence electrons. The fourth-order valence-corrected chi connectivity index (χ4v) is 6.14. The Morgan fingerprint density at radius 2 is 1.84 bits per heavy atom. The van der Waals surface area contributed by atoms with Gasteiger partial charge >= 0.3 is 0 Å². The Bertz CT molecular complexity index is 1690. The fraction of sp³-hybridized carbons (Fsp3) is 0.111. The summed E-state index contributed by atoms with van der Waals surface area (Å²) in [5.74, 6) is 0.172.